The maximum Gasteiger partial charge on any atom is 0.311 e. The predicted octanol–water partition coefficient (Wildman–Crippen LogP) is 1.16. The van der Waals surface area contributed by atoms with Crippen LogP contribution in [0.4, 0.5) is 0 Å². The minimum atomic E-state index is -0.438. The largest absolute Gasteiger partial charge is 0.469 e. The molecule has 0 bridgehead atoms. The van der Waals surface area contributed by atoms with Crippen molar-refractivity contribution in [1.29, 1.82) is 0 Å². The number of hydrogen-bond donors (Lipinski definition) is 0. The molecule has 1 amide bonds. The molecule has 2 heterocycles. The first-order valence-electron chi connectivity index (χ1n) is 5.96. The number of aromatic nitrogens is 1. The van der Waals surface area contributed by atoms with Crippen molar-refractivity contribution in [2.75, 3.05) is 13.7 Å². The standard InChI is InChI=1S/C13H16N2O3/c1-3-15-11(16)7-10(13(17)18-2)12(15)9-5-4-6-14-8-9/h4-6,8,10,12H,3,7H2,1-2H3/t10-,12-/m1/s1. The molecule has 2 atom stereocenters. The number of carbonyl (C=O) groups is 2. The number of methoxy groups -OCH3 is 1. The predicted molar refractivity (Wildman–Crippen MR) is 64.5 cm³/mol. The molecule has 0 aromatic carbocycles. The number of esters is 1. The molecule has 96 valence electrons. The van der Waals surface area contributed by atoms with E-state index in [1.807, 2.05) is 13.0 Å². The second-order valence-electron chi connectivity index (χ2n) is 4.24. The van der Waals surface area contributed by atoms with E-state index in [2.05, 4.69) is 4.98 Å². The third kappa shape index (κ3) is 2.08. The van der Waals surface area contributed by atoms with E-state index in [9.17, 15) is 9.59 Å². The van der Waals surface area contributed by atoms with Gasteiger partial charge in [-0.2, -0.15) is 0 Å². The van der Waals surface area contributed by atoms with Gasteiger partial charge in [0.25, 0.3) is 0 Å². The van der Waals surface area contributed by atoms with Crippen LogP contribution in [0.3, 0.4) is 0 Å². The number of ether oxygens (including phenoxy) is 1. The minimum absolute atomic E-state index is 0.0123. The molecular weight excluding hydrogens is 232 g/mol. The SMILES string of the molecule is CCN1C(=O)C[C@@H](C(=O)OC)[C@H]1c1cccnc1. The Hall–Kier alpha value is -1.91. The Morgan fingerprint density at radius 3 is 2.94 bits per heavy atom. The van der Waals surface area contributed by atoms with Crippen molar-refractivity contribution >= 4 is 11.9 Å². The zero-order valence-corrected chi connectivity index (χ0v) is 10.5. The van der Waals surface area contributed by atoms with E-state index in [1.54, 1.807) is 23.4 Å². The Morgan fingerprint density at radius 1 is 1.61 bits per heavy atom. The molecule has 2 rings (SSSR count). The average Bonchev–Trinajstić information content (AvgIpc) is 2.75. The van der Waals surface area contributed by atoms with Crippen molar-refractivity contribution in [1.82, 2.24) is 9.88 Å². The highest BCUT2D eigenvalue weighted by molar-refractivity contribution is 5.88. The van der Waals surface area contributed by atoms with Gasteiger partial charge in [-0.1, -0.05) is 6.07 Å². The molecule has 5 heteroatoms. The summed E-state index contributed by atoms with van der Waals surface area (Å²) in [5, 5.41) is 0. The van der Waals surface area contributed by atoms with Gasteiger partial charge in [-0.25, -0.2) is 0 Å². The number of amides is 1. The normalized spacial score (nSPS) is 23.2. The summed E-state index contributed by atoms with van der Waals surface area (Å²) in [7, 11) is 1.35. The summed E-state index contributed by atoms with van der Waals surface area (Å²) in [6, 6.07) is 3.43. The molecule has 0 saturated carbocycles. The van der Waals surface area contributed by atoms with E-state index < -0.39 is 5.92 Å². The topological polar surface area (TPSA) is 59.5 Å². The van der Waals surface area contributed by atoms with Gasteiger partial charge in [-0.05, 0) is 18.6 Å². The lowest BCUT2D eigenvalue weighted by molar-refractivity contribution is -0.146. The Bertz CT molecular complexity index is 445. The van der Waals surface area contributed by atoms with E-state index in [-0.39, 0.29) is 24.3 Å². The molecule has 1 aliphatic heterocycles. The molecule has 1 aromatic heterocycles. The van der Waals surface area contributed by atoms with Crippen molar-refractivity contribution < 1.29 is 14.3 Å². The second kappa shape index (κ2) is 5.16. The zero-order chi connectivity index (χ0) is 13.1. The van der Waals surface area contributed by atoms with Crippen LogP contribution in [0.2, 0.25) is 0 Å². The molecule has 0 aliphatic carbocycles. The highest BCUT2D eigenvalue weighted by Crippen LogP contribution is 2.38. The van der Waals surface area contributed by atoms with E-state index in [1.165, 1.54) is 7.11 Å². The Kier molecular flexibility index (Phi) is 3.60. The van der Waals surface area contributed by atoms with Crippen LogP contribution in [-0.4, -0.2) is 35.4 Å². The molecule has 0 spiro atoms. The van der Waals surface area contributed by atoms with Crippen LogP contribution in [0.25, 0.3) is 0 Å². The summed E-state index contributed by atoms with van der Waals surface area (Å²) < 4.78 is 4.79. The molecule has 0 unspecified atom stereocenters. The molecular formula is C13H16N2O3. The number of rotatable bonds is 3. The molecule has 18 heavy (non-hydrogen) atoms. The summed E-state index contributed by atoms with van der Waals surface area (Å²) in [5.74, 6) is -0.790. The average molecular weight is 248 g/mol. The summed E-state index contributed by atoms with van der Waals surface area (Å²) in [4.78, 5) is 29.5. The Morgan fingerprint density at radius 2 is 2.39 bits per heavy atom. The van der Waals surface area contributed by atoms with Crippen molar-refractivity contribution in [3.05, 3.63) is 30.1 Å². The van der Waals surface area contributed by atoms with Gasteiger partial charge >= 0.3 is 5.97 Å². The van der Waals surface area contributed by atoms with Gasteiger partial charge in [0.15, 0.2) is 0 Å². The first-order chi connectivity index (χ1) is 8.69. The van der Waals surface area contributed by atoms with Crippen LogP contribution in [0.1, 0.15) is 24.9 Å². The fourth-order valence-electron chi connectivity index (χ4n) is 2.49. The zero-order valence-electron chi connectivity index (χ0n) is 10.5. The summed E-state index contributed by atoms with van der Waals surface area (Å²) >= 11 is 0. The van der Waals surface area contributed by atoms with Crippen molar-refractivity contribution in [2.24, 2.45) is 5.92 Å². The highest BCUT2D eigenvalue weighted by atomic mass is 16.5. The second-order valence-corrected chi connectivity index (χ2v) is 4.24. The van der Waals surface area contributed by atoms with Crippen LogP contribution in [0.5, 0.6) is 0 Å². The smallest absolute Gasteiger partial charge is 0.311 e. The van der Waals surface area contributed by atoms with Crippen LogP contribution in [0, 0.1) is 5.92 Å². The first kappa shape index (κ1) is 12.5. The van der Waals surface area contributed by atoms with Gasteiger partial charge in [-0.15, -0.1) is 0 Å². The fourth-order valence-corrected chi connectivity index (χ4v) is 2.49. The molecule has 1 saturated heterocycles. The third-order valence-corrected chi connectivity index (χ3v) is 3.30. The van der Waals surface area contributed by atoms with Gasteiger partial charge in [-0.3, -0.25) is 14.6 Å². The Balaban J connectivity index is 2.37. The van der Waals surface area contributed by atoms with Crippen molar-refractivity contribution in [2.45, 2.75) is 19.4 Å². The fraction of sp³-hybridized carbons (Fsp3) is 0.462. The number of hydrogen-bond acceptors (Lipinski definition) is 4. The lowest BCUT2D eigenvalue weighted by Crippen LogP contribution is -2.30. The van der Waals surface area contributed by atoms with Gasteiger partial charge in [0.05, 0.1) is 19.1 Å². The molecule has 1 fully saturated rings. The first-order valence-corrected chi connectivity index (χ1v) is 5.96. The lowest BCUT2D eigenvalue weighted by atomic mass is 9.95. The number of carbonyl (C=O) groups excluding carboxylic acids is 2. The lowest BCUT2D eigenvalue weighted by Gasteiger charge is -2.26. The third-order valence-electron chi connectivity index (χ3n) is 3.30. The summed E-state index contributed by atoms with van der Waals surface area (Å²) in [6.45, 7) is 2.48. The van der Waals surface area contributed by atoms with Crippen molar-refractivity contribution in [3.63, 3.8) is 0 Å². The van der Waals surface area contributed by atoms with Crippen molar-refractivity contribution in [3.8, 4) is 0 Å². The van der Waals surface area contributed by atoms with E-state index in [0.717, 1.165) is 5.56 Å². The summed E-state index contributed by atoms with van der Waals surface area (Å²) in [6.07, 6.45) is 3.58. The van der Waals surface area contributed by atoms with Crippen LogP contribution in [-0.2, 0) is 14.3 Å². The number of likely N-dealkylation sites (tertiary alicyclic amines) is 1. The molecule has 1 aromatic rings. The summed E-state index contributed by atoms with van der Waals surface area (Å²) in [5.41, 5.74) is 0.876. The van der Waals surface area contributed by atoms with Crippen LogP contribution >= 0.6 is 0 Å². The molecule has 5 nitrogen and oxygen atoms in total. The van der Waals surface area contributed by atoms with Crippen LogP contribution < -0.4 is 0 Å². The quantitative estimate of drug-likeness (QED) is 0.753. The molecule has 0 N–H and O–H groups in total. The Labute approximate surface area is 106 Å². The number of nitrogens with zero attached hydrogens (tertiary/aromatic N) is 2. The van der Waals surface area contributed by atoms with Gasteiger partial charge < -0.3 is 9.64 Å². The highest BCUT2D eigenvalue weighted by Gasteiger charge is 2.44. The van der Waals surface area contributed by atoms with E-state index in [4.69, 9.17) is 4.74 Å². The minimum Gasteiger partial charge on any atom is -0.469 e. The maximum atomic E-state index is 11.9. The van der Waals surface area contributed by atoms with E-state index in [0.29, 0.717) is 6.54 Å². The van der Waals surface area contributed by atoms with Gasteiger partial charge in [0.2, 0.25) is 5.91 Å². The molecule has 0 radical (unpaired) electrons. The van der Waals surface area contributed by atoms with E-state index >= 15 is 0 Å². The van der Waals surface area contributed by atoms with Crippen LogP contribution in [0.15, 0.2) is 24.5 Å². The van der Waals surface area contributed by atoms with Gasteiger partial charge in [0.1, 0.15) is 0 Å². The maximum absolute atomic E-state index is 11.9. The molecule has 1 aliphatic rings. The monoisotopic (exact) mass is 248 g/mol. The van der Waals surface area contributed by atoms with Gasteiger partial charge in [0, 0.05) is 25.4 Å². The number of pyridine rings is 1.